The fourth-order valence-electron chi connectivity index (χ4n) is 0.473. The molecule has 0 N–H and O–H groups in total. The van der Waals surface area contributed by atoms with Gasteiger partial charge in [0.05, 0.1) is 10.9 Å². The number of halogens is 1. The van der Waals surface area contributed by atoms with Crippen molar-refractivity contribution in [3.05, 3.63) is 18.0 Å². The summed E-state index contributed by atoms with van der Waals surface area (Å²) in [6.07, 6.45) is 1.89. The first-order chi connectivity index (χ1) is 4.85. The Kier molecular flexibility index (Phi) is 6.78. The Balaban J connectivity index is 3.86. The average molecular weight is 218 g/mol. The molecule has 0 saturated heterocycles. The van der Waals surface area contributed by atoms with Crippen LogP contribution in [0.5, 0.6) is 0 Å². The monoisotopic (exact) mass is 217 g/mol. The van der Waals surface area contributed by atoms with Crippen LogP contribution in [0.3, 0.4) is 0 Å². The van der Waals surface area contributed by atoms with Crippen molar-refractivity contribution < 1.29 is 0 Å². The molecule has 1 nitrogen and oxygen atoms in total. The molecular formula is C7H8BrNS. The molecule has 0 saturated carbocycles. The second-order valence-corrected chi connectivity index (χ2v) is 2.59. The van der Waals surface area contributed by atoms with Crippen LogP contribution in [0.15, 0.2) is 23.0 Å². The van der Waals surface area contributed by atoms with Gasteiger partial charge in [0.15, 0.2) is 0 Å². The minimum Gasteiger partial charge on any atom is -0.191 e. The van der Waals surface area contributed by atoms with Crippen LogP contribution in [0, 0.1) is 0 Å². The van der Waals surface area contributed by atoms with Gasteiger partial charge in [0.2, 0.25) is 0 Å². The molecule has 0 rings (SSSR count). The molecular weight excluding hydrogens is 210 g/mol. The lowest BCUT2D eigenvalue weighted by Crippen LogP contribution is -1.78. The van der Waals surface area contributed by atoms with Crippen LogP contribution in [-0.4, -0.2) is 10.5 Å². The van der Waals surface area contributed by atoms with Gasteiger partial charge < -0.3 is 0 Å². The largest absolute Gasteiger partial charge is 0.191 e. The highest BCUT2D eigenvalue weighted by atomic mass is 79.9. The standard InChI is InChI=1S/C7H8BrNS/c1-2-7(9-6-10)4-3-5-8/h1,3-5H2. The second-order valence-electron chi connectivity index (χ2n) is 1.62. The smallest absolute Gasteiger partial charge is 0.0924 e. The lowest BCUT2D eigenvalue weighted by atomic mass is 10.3. The minimum absolute atomic E-state index is 0.787. The van der Waals surface area contributed by atoms with Gasteiger partial charge in [-0.05, 0) is 25.1 Å². The summed E-state index contributed by atoms with van der Waals surface area (Å²) in [6.45, 7) is 3.48. The van der Waals surface area contributed by atoms with E-state index in [-0.39, 0.29) is 0 Å². The third-order valence-electron chi connectivity index (χ3n) is 0.932. The predicted octanol–water partition coefficient (Wildman–Crippen LogP) is 2.93. The maximum Gasteiger partial charge on any atom is 0.0924 e. The zero-order chi connectivity index (χ0) is 7.82. The first kappa shape index (κ1) is 9.80. The SMILES string of the molecule is C=C=C(CCCBr)N=C=S. The number of nitrogens with zero attached hydrogens (tertiary/aromatic N) is 1. The van der Waals surface area contributed by atoms with Crippen molar-refractivity contribution in [1.82, 2.24) is 0 Å². The molecule has 10 heavy (non-hydrogen) atoms. The van der Waals surface area contributed by atoms with Gasteiger partial charge in [0.1, 0.15) is 0 Å². The van der Waals surface area contributed by atoms with E-state index >= 15 is 0 Å². The van der Waals surface area contributed by atoms with E-state index in [1.165, 1.54) is 0 Å². The van der Waals surface area contributed by atoms with E-state index in [1.54, 1.807) is 0 Å². The maximum absolute atomic E-state index is 4.43. The highest BCUT2D eigenvalue weighted by Gasteiger charge is 1.89. The number of alkyl halides is 1. The molecule has 0 aliphatic heterocycles. The lowest BCUT2D eigenvalue weighted by molar-refractivity contribution is 0.914. The third-order valence-corrected chi connectivity index (χ3v) is 1.58. The highest BCUT2D eigenvalue weighted by Crippen LogP contribution is 2.04. The average Bonchev–Trinajstić information content (AvgIpc) is 1.98. The van der Waals surface area contributed by atoms with Gasteiger partial charge in [-0.2, -0.15) is 4.99 Å². The van der Waals surface area contributed by atoms with Crippen LogP contribution >= 0.6 is 28.1 Å². The molecule has 54 valence electrons. The van der Waals surface area contributed by atoms with Gasteiger partial charge in [-0.1, -0.05) is 22.5 Å². The first-order valence-corrected chi connectivity index (χ1v) is 4.41. The van der Waals surface area contributed by atoms with E-state index < -0.39 is 0 Å². The second kappa shape index (κ2) is 6.91. The summed E-state index contributed by atoms with van der Waals surface area (Å²) in [5.41, 5.74) is 3.47. The van der Waals surface area contributed by atoms with Crippen molar-refractivity contribution in [2.45, 2.75) is 12.8 Å². The summed E-state index contributed by atoms with van der Waals surface area (Å²) < 4.78 is 0. The van der Waals surface area contributed by atoms with Crippen LogP contribution in [0.4, 0.5) is 0 Å². The van der Waals surface area contributed by atoms with Crippen molar-refractivity contribution in [3.8, 4) is 0 Å². The van der Waals surface area contributed by atoms with E-state index in [4.69, 9.17) is 0 Å². The van der Waals surface area contributed by atoms with Gasteiger partial charge in [0.25, 0.3) is 0 Å². The van der Waals surface area contributed by atoms with Gasteiger partial charge in [0, 0.05) is 5.33 Å². The molecule has 0 unspecified atom stereocenters. The molecule has 0 aliphatic rings. The van der Waals surface area contributed by atoms with Crippen molar-refractivity contribution in [3.63, 3.8) is 0 Å². The van der Waals surface area contributed by atoms with Crippen LogP contribution in [0.25, 0.3) is 0 Å². The van der Waals surface area contributed by atoms with Crippen molar-refractivity contribution >= 4 is 33.3 Å². The van der Waals surface area contributed by atoms with Gasteiger partial charge in [-0.25, -0.2) is 0 Å². The maximum atomic E-state index is 4.43. The molecule has 0 aromatic rings. The van der Waals surface area contributed by atoms with E-state index in [0.717, 1.165) is 23.9 Å². The Hall–Kier alpha value is -0.200. The van der Waals surface area contributed by atoms with Crippen molar-refractivity contribution in [1.29, 1.82) is 0 Å². The van der Waals surface area contributed by atoms with E-state index in [1.807, 2.05) is 0 Å². The summed E-state index contributed by atoms with van der Waals surface area (Å²) in [6, 6.07) is 0. The topological polar surface area (TPSA) is 12.4 Å². The molecule has 0 bridgehead atoms. The number of isothiocyanates is 1. The van der Waals surface area contributed by atoms with Crippen LogP contribution < -0.4 is 0 Å². The van der Waals surface area contributed by atoms with E-state index in [2.05, 4.69) is 50.6 Å². The van der Waals surface area contributed by atoms with Crippen LogP contribution in [-0.2, 0) is 0 Å². The zero-order valence-corrected chi connectivity index (χ0v) is 7.96. The molecule has 0 amide bonds. The number of aliphatic imine (C=N–C) groups is 1. The molecule has 0 heterocycles. The van der Waals surface area contributed by atoms with Crippen LogP contribution in [0.2, 0.25) is 0 Å². The number of thiocarbonyl (C=S) groups is 1. The van der Waals surface area contributed by atoms with Crippen molar-refractivity contribution in [2.24, 2.45) is 4.99 Å². The number of hydrogen-bond acceptors (Lipinski definition) is 2. The summed E-state index contributed by atoms with van der Waals surface area (Å²) in [7, 11) is 0. The van der Waals surface area contributed by atoms with Crippen LogP contribution in [0.1, 0.15) is 12.8 Å². The molecule has 0 radical (unpaired) electrons. The molecule has 3 heteroatoms. The predicted molar refractivity (Wildman–Crippen MR) is 50.7 cm³/mol. The van der Waals surface area contributed by atoms with Gasteiger partial charge in [-0.3, -0.25) is 0 Å². The Labute approximate surface area is 74.7 Å². The molecule has 0 aromatic heterocycles. The first-order valence-electron chi connectivity index (χ1n) is 2.88. The van der Waals surface area contributed by atoms with Gasteiger partial charge >= 0.3 is 0 Å². The fraction of sp³-hybridized carbons (Fsp3) is 0.429. The normalized spacial score (nSPS) is 7.70. The van der Waals surface area contributed by atoms with Gasteiger partial charge in [-0.15, -0.1) is 5.73 Å². The Morgan fingerprint density at radius 2 is 2.40 bits per heavy atom. The fourth-order valence-corrected chi connectivity index (χ4v) is 0.864. The van der Waals surface area contributed by atoms with E-state index in [0.29, 0.717) is 0 Å². The summed E-state index contributed by atoms with van der Waals surface area (Å²) in [5.74, 6) is 0. The van der Waals surface area contributed by atoms with Crippen molar-refractivity contribution in [2.75, 3.05) is 5.33 Å². The Bertz CT molecular complexity index is 188. The lowest BCUT2D eigenvalue weighted by Gasteiger charge is -1.91. The molecule has 0 aliphatic carbocycles. The quantitative estimate of drug-likeness (QED) is 0.306. The molecule has 0 spiro atoms. The summed E-state index contributed by atoms with van der Waals surface area (Å²) in [5, 5.41) is 3.24. The third kappa shape index (κ3) is 4.66. The number of allylic oxidation sites excluding steroid dienone is 1. The Morgan fingerprint density at radius 1 is 1.70 bits per heavy atom. The number of rotatable bonds is 4. The summed E-state index contributed by atoms with van der Waals surface area (Å²) in [4.78, 5) is 3.77. The molecule has 0 aromatic carbocycles. The molecule has 0 fully saturated rings. The van der Waals surface area contributed by atoms with E-state index in [9.17, 15) is 0 Å². The Morgan fingerprint density at radius 3 is 2.80 bits per heavy atom. The zero-order valence-electron chi connectivity index (χ0n) is 5.56. The summed E-state index contributed by atoms with van der Waals surface area (Å²) >= 11 is 7.74. The molecule has 0 atom stereocenters. The minimum atomic E-state index is 0.787. The highest BCUT2D eigenvalue weighted by molar-refractivity contribution is 9.09. The number of hydrogen-bond donors (Lipinski definition) is 0.